The van der Waals surface area contributed by atoms with Crippen molar-refractivity contribution in [2.24, 2.45) is 5.50 Å². The average molecular weight is 207 g/mol. The molecule has 1 atom stereocenters. The second kappa shape index (κ2) is 4.54. The highest BCUT2D eigenvalue weighted by Crippen LogP contribution is 2.24. The first-order valence-electron chi connectivity index (χ1n) is 2.50. The normalized spacial score (nSPS) is 17.3. The summed E-state index contributed by atoms with van der Waals surface area (Å²) in [5.41, 5.74) is 4.77. The van der Waals surface area contributed by atoms with Crippen molar-refractivity contribution in [3.63, 3.8) is 0 Å². The standard InChI is InChI=1S/C3H9Cl2N2O2P/c4-1-3(2-5)7-10(6,8)9/h3H,1-2H2,(H4,6,7,8,9). The van der Waals surface area contributed by atoms with Crippen LogP contribution in [-0.2, 0) is 4.57 Å². The van der Waals surface area contributed by atoms with E-state index in [1.807, 2.05) is 0 Å². The van der Waals surface area contributed by atoms with E-state index in [1.54, 1.807) is 0 Å². The number of hydrogen-bond donors (Lipinski definition) is 3. The van der Waals surface area contributed by atoms with E-state index in [2.05, 4.69) is 5.09 Å². The lowest BCUT2D eigenvalue weighted by Crippen LogP contribution is -2.31. The lowest BCUT2D eigenvalue weighted by molar-refractivity contribution is 0.457. The molecule has 4 nitrogen and oxygen atoms in total. The Balaban J connectivity index is 3.75. The smallest absolute Gasteiger partial charge is 0.322 e. The molecule has 0 amide bonds. The zero-order chi connectivity index (χ0) is 8.20. The fourth-order valence-corrected chi connectivity index (χ4v) is 1.78. The monoisotopic (exact) mass is 206 g/mol. The SMILES string of the molecule is NP(=O)(O)NC(CCl)CCl. The number of nitrogens with two attached hydrogens (primary N) is 1. The Labute approximate surface area is 69.2 Å². The molecule has 0 aromatic rings. The van der Waals surface area contributed by atoms with Gasteiger partial charge in [-0.3, -0.25) is 4.57 Å². The molecule has 62 valence electrons. The van der Waals surface area contributed by atoms with Gasteiger partial charge in [-0.2, -0.15) is 0 Å². The minimum absolute atomic E-state index is 0.158. The highest BCUT2D eigenvalue weighted by molar-refractivity contribution is 7.53. The van der Waals surface area contributed by atoms with Gasteiger partial charge in [0.1, 0.15) is 0 Å². The minimum atomic E-state index is -3.67. The van der Waals surface area contributed by atoms with E-state index in [-0.39, 0.29) is 11.8 Å². The quantitative estimate of drug-likeness (QED) is 0.463. The number of halogens is 2. The summed E-state index contributed by atoms with van der Waals surface area (Å²) in [6, 6.07) is -0.413. The summed E-state index contributed by atoms with van der Waals surface area (Å²) in [6.07, 6.45) is 0. The molecule has 0 aliphatic carbocycles. The third kappa shape index (κ3) is 5.47. The van der Waals surface area contributed by atoms with Crippen molar-refractivity contribution in [2.45, 2.75) is 6.04 Å². The van der Waals surface area contributed by atoms with Crippen LogP contribution in [0.1, 0.15) is 0 Å². The van der Waals surface area contributed by atoms with Gasteiger partial charge in [-0.15, -0.1) is 23.2 Å². The lowest BCUT2D eigenvalue weighted by atomic mass is 10.4. The Morgan fingerprint density at radius 1 is 1.60 bits per heavy atom. The van der Waals surface area contributed by atoms with Gasteiger partial charge in [-0.25, -0.2) is 10.6 Å². The van der Waals surface area contributed by atoms with Gasteiger partial charge in [0.05, 0.1) is 0 Å². The summed E-state index contributed by atoms with van der Waals surface area (Å²) >= 11 is 10.7. The van der Waals surface area contributed by atoms with E-state index < -0.39 is 13.7 Å². The van der Waals surface area contributed by atoms with E-state index in [9.17, 15) is 4.57 Å². The van der Waals surface area contributed by atoms with Crippen LogP contribution in [0.2, 0.25) is 0 Å². The second-order valence-electron chi connectivity index (χ2n) is 1.76. The van der Waals surface area contributed by atoms with Crippen LogP contribution in [0.25, 0.3) is 0 Å². The van der Waals surface area contributed by atoms with Crippen molar-refractivity contribution < 1.29 is 9.46 Å². The van der Waals surface area contributed by atoms with Crippen LogP contribution in [0.3, 0.4) is 0 Å². The average Bonchev–Trinajstić information content (AvgIpc) is 1.81. The summed E-state index contributed by atoms with van der Waals surface area (Å²) < 4.78 is 10.4. The summed E-state index contributed by atoms with van der Waals surface area (Å²) in [4.78, 5) is 8.56. The Hall–Kier alpha value is 0.690. The van der Waals surface area contributed by atoms with Gasteiger partial charge in [0.15, 0.2) is 0 Å². The van der Waals surface area contributed by atoms with Crippen LogP contribution >= 0.6 is 30.9 Å². The molecule has 0 spiro atoms. The van der Waals surface area contributed by atoms with Crippen LogP contribution < -0.4 is 10.6 Å². The predicted molar refractivity (Wildman–Crippen MR) is 42.4 cm³/mol. The fraction of sp³-hybridized carbons (Fsp3) is 1.00. The second-order valence-corrected chi connectivity index (χ2v) is 3.88. The molecule has 4 N–H and O–H groups in total. The summed E-state index contributed by atoms with van der Waals surface area (Å²) in [7, 11) is -3.67. The van der Waals surface area contributed by atoms with E-state index in [4.69, 9.17) is 33.6 Å². The number of hydrogen-bond acceptors (Lipinski definition) is 1. The van der Waals surface area contributed by atoms with Crippen LogP contribution in [0.15, 0.2) is 0 Å². The lowest BCUT2D eigenvalue weighted by Gasteiger charge is -2.13. The maximum absolute atomic E-state index is 10.4. The van der Waals surface area contributed by atoms with Crippen LogP contribution in [0, 0.1) is 0 Å². The maximum atomic E-state index is 10.4. The molecule has 1 unspecified atom stereocenters. The number of alkyl halides is 2. The van der Waals surface area contributed by atoms with E-state index in [0.29, 0.717) is 0 Å². The molecule has 0 radical (unpaired) electrons. The summed E-state index contributed by atoms with van der Waals surface area (Å²) in [6.45, 7) is 0. The molecule has 7 heteroatoms. The van der Waals surface area contributed by atoms with Crippen LogP contribution in [0.5, 0.6) is 0 Å². The van der Waals surface area contributed by atoms with Gasteiger partial charge in [-0.05, 0) is 0 Å². The van der Waals surface area contributed by atoms with Gasteiger partial charge in [0, 0.05) is 17.8 Å². The van der Waals surface area contributed by atoms with Crippen molar-refractivity contribution in [3.05, 3.63) is 0 Å². The Bertz CT molecular complexity index is 134. The molecule has 0 heterocycles. The minimum Gasteiger partial charge on any atom is -0.322 e. The van der Waals surface area contributed by atoms with E-state index >= 15 is 0 Å². The fourth-order valence-electron chi connectivity index (χ4n) is 0.372. The topological polar surface area (TPSA) is 75.4 Å². The Morgan fingerprint density at radius 3 is 2.10 bits per heavy atom. The molecule has 0 saturated carbocycles. The number of nitrogens with one attached hydrogen (secondary N) is 1. The molecule has 0 aromatic heterocycles. The molecular formula is C3H9Cl2N2O2P. The molecule has 10 heavy (non-hydrogen) atoms. The first-order chi connectivity index (χ1) is 4.49. The summed E-state index contributed by atoms with van der Waals surface area (Å²) in [5.74, 6) is 0.316. The molecule has 0 aromatic carbocycles. The van der Waals surface area contributed by atoms with Crippen molar-refractivity contribution in [2.75, 3.05) is 11.8 Å². The molecular weight excluding hydrogens is 198 g/mol. The van der Waals surface area contributed by atoms with E-state index in [1.165, 1.54) is 0 Å². The zero-order valence-corrected chi connectivity index (χ0v) is 7.53. The van der Waals surface area contributed by atoms with Gasteiger partial charge >= 0.3 is 7.67 Å². The van der Waals surface area contributed by atoms with Gasteiger partial charge in [0.2, 0.25) is 0 Å². The first-order valence-corrected chi connectivity index (χ1v) is 5.30. The molecule has 0 aliphatic heterocycles. The molecule has 0 fully saturated rings. The van der Waals surface area contributed by atoms with Crippen LogP contribution in [0.4, 0.5) is 0 Å². The highest BCUT2D eigenvalue weighted by Gasteiger charge is 2.15. The van der Waals surface area contributed by atoms with Crippen molar-refractivity contribution in [1.29, 1.82) is 0 Å². The van der Waals surface area contributed by atoms with Gasteiger partial charge in [-0.1, -0.05) is 0 Å². The molecule has 0 saturated heterocycles. The third-order valence-corrected chi connectivity index (χ3v) is 2.22. The largest absolute Gasteiger partial charge is 0.335 e. The summed E-state index contributed by atoms with van der Waals surface area (Å²) in [5, 5.41) is 2.18. The zero-order valence-electron chi connectivity index (χ0n) is 5.13. The van der Waals surface area contributed by atoms with Gasteiger partial charge in [0.25, 0.3) is 0 Å². The van der Waals surface area contributed by atoms with Gasteiger partial charge < -0.3 is 4.89 Å². The Kier molecular flexibility index (Phi) is 4.86. The van der Waals surface area contributed by atoms with Crippen molar-refractivity contribution in [1.82, 2.24) is 5.09 Å². The molecule has 0 aliphatic rings. The van der Waals surface area contributed by atoms with Crippen molar-refractivity contribution >= 4 is 30.9 Å². The maximum Gasteiger partial charge on any atom is 0.335 e. The molecule has 0 bridgehead atoms. The van der Waals surface area contributed by atoms with Crippen molar-refractivity contribution in [3.8, 4) is 0 Å². The highest BCUT2D eigenvalue weighted by atomic mass is 35.5. The van der Waals surface area contributed by atoms with E-state index in [0.717, 1.165) is 0 Å². The third-order valence-electron chi connectivity index (χ3n) is 0.740. The van der Waals surface area contributed by atoms with Crippen LogP contribution in [-0.4, -0.2) is 22.7 Å². The predicted octanol–water partition coefficient (Wildman–Crippen LogP) is 0.481. The number of rotatable bonds is 4. The Morgan fingerprint density at radius 2 is 2.00 bits per heavy atom. The first kappa shape index (κ1) is 10.7. The molecule has 0 rings (SSSR count).